The van der Waals surface area contributed by atoms with Crippen molar-refractivity contribution in [2.75, 3.05) is 34.8 Å². The molecule has 1 heterocycles. The fraction of sp³-hybridized carbons (Fsp3) is 0.381. The molecular formula is C21H23Cl2F2N3O3S. The molecule has 0 radical (unpaired) electrons. The third-order valence-corrected chi connectivity index (χ3v) is 7.73. The van der Waals surface area contributed by atoms with Gasteiger partial charge in [-0.2, -0.15) is 0 Å². The zero-order valence-corrected chi connectivity index (χ0v) is 19.6. The lowest BCUT2D eigenvalue weighted by molar-refractivity contribution is -0.115. The van der Waals surface area contributed by atoms with Gasteiger partial charge in [0, 0.05) is 25.9 Å². The Hall–Kier alpha value is -2.10. The molecule has 0 aromatic heterocycles. The van der Waals surface area contributed by atoms with Crippen molar-refractivity contribution in [1.82, 2.24) is 0 Å². The number of sulfone groups is 1. The number of nitrogens with two attached hydrogens (primary N) is 1. The van der Waals surface area contributed by atoms with Gasteiger partial charge in [0.1, 0.15) is 0 Å². The zero-order chi connectivity index (χ0) is 23.7. The largest absolute Gasteiger partial charge is 0.397 e. The van der Waals surface area contributed by atoms with Crippen LogP contribution in [0.3, 0.4) is 0 Å². The average molecular weight is 506 g/mol. The Bertz CT molecular complexity index is 1120. The average Bonchev–Trinajstić information content (AvgIpc) is 2.72. The lowest BCUT2D eigenvalue weighted by Crippen LogP contribution is -2.39. The molecule has 0 atom stereocenters. The van der Waals surface area contributed by atoms with Crippen molar-refractivity contribution in [3.05, 3.63) is 45.9 Å². The minimum atomic E-state index is -3.33. The minimum absolute atomic E-state index is 0.0157. The van der Waals surface area contributed by atoms with E-state index in [1.54, 1.807) is 24.0 Å². The normalized spacial score (nSPS) is 16.1. The maximum Gasteiger partial charge on any atom is 0.251 e. The second-order valence-corrected chi connectivity index (χ2v) is 10.7. The Morgan fingerprint density at radius 3 is 2.34 bits per heavy atom. The summed E-state index contributed by atoms with van der Waals surface area (Å²) in [7, 11) is -3.33. The van der Waals surface area contributed by atoms with Crippen molar-refractivity contribution in [1.29, 1.82) is 0 Å². The zero-order valence-electron chi connectivity index (χ0n) is 17.3. The van der Waals surface area contributed by atoms with Gasteiger partial charge in [-0.25, -0.2) is 17.2 Å². The van der Waals surface area contributed by atoms with E-state index in [0.29, 0.717) is 11.3 Å². The first-order chi connectivity index (χ1) is 14.9. The topological polar surface area (TPSA) is 92.5 Å². The lowest BCUT2D eigenvalue weighted by Gasteiger charge is -2.35. The van der Waals surface area contributed by atoms with Crippen LogP contribution in [-0.2, 0) is 21.1 Å². The molecule has 1 fully saturated rings. The number of carbonyl (C=O) groups is 1. The standard InChI is InChI=1S/C21H23Cl2F2N3O3S/c1-2-32(30,31)14-5-3-13(4-6-14)11-17(29)27-19-16(26)12-15(22)20(18(19)23)28-9-7-21(24,25)8-10-28/h3-6,12H,2,7-11,26H2,1H3,(H,27,29). The first-order valence-corrected chi connectivity index (χ1v) is 12.4. The number of amides is 1. The maximum absolute atomic E-state index is 13.5. The Balaban J connectivity index is 1.78. The van der Waals surface area contributed by atoms with Crippen LogP contribution in [0.5, 0.6) is 0 Å². The van der Waals surface area contributed by atoms with Crippen LogP contribution in [-0.4, -0.2) is 39.1 Å². The Kier molecular flexibility index (Phi) is 7.21. The van der Waals surface area contributed by atoms with Crippen LogP contribution in [0, 0.1) is 0 Å². The summed E-state index contributed by atoms with van der Waals surface area (Å²) < 4.78 is 50.9. The van der Waals surface area contributed by atoms with Crippen molar-refractivity contribution in [3.63, 3.8) is 0 Å². The highest BCUT2D eigenvalue weighted by atomic mass is 35.5. The molecule has 1 aliphatic rings. The quantitative estimate of drug-likeness (QED) is 0.550. The Labute approximate surface area is 195 Å². The number of hydrogen-bond acceptors (Lipinski definition) is 5. The van der Waals surface area contributed by atoms with Crippen molar-refractivity contribution < 1.29 is 22.0 Å². The van der Waals surface area contributed by atoms with E-state index in [-0.39, 0.29) is 64.4 Å². The summed E-state index contributed by atoms with van der Waals surface area (Å²) in [5.41, 5.74) is 7.24. The number of rotatable bonds is 6. The fourth-order valence-electron chi connectivity index (χ4n) is 3.45. The summed E-state index contributed by atoms with van der Waals surface area (Å²) in [6.07, 6.45) is -0.693. The number of nitrogens with zero attached hydrogens (tertiary/aromatic N) is 1. The number of piperidine rings is 1. The van der Waals surface area contributed by atoms with E-state index in [2.05, 4.69) is 5.32 Å². The summed E-state index contributed by atoms with van der Waals surface area (Å²) in [4.78, 5) is 14.4. The predicted octanol–water partition coefficient (Wildman–Crippen LogP) is 4.79. The van der Waals surface area contributed by atoms with Crippen LogP contribution in [0.4, 0.5) is 25.8 Å². The first kappa shape index (κ1) is 24.5. The van der Waals surface area contributed by atoms with Crippen molar-refractivity contribution >= 4 is 56.0 Å². The van der Waals surface area contributed by atoms with Gasteiger partial charge in [-0.15, -0.1) is 0 Å². The van der Waals surface area contributed by atoms with E-state index in [1.807, 2.05) is 0 Å². The minimum Gasteiger partial charge on any atom is -0.397 e. The number of carbonyl (C=O) groups excluding carboxylic acids is 1. The van der Waals surface area contributed by atoms with Crippen molar-refractivity contribution in [2.24, 2.45) is 0 Å². The first-order valence-electron chi connectivity index (χ1n) is 9.95. The molecule has 0 saturated carbocycles. The second kappa shape index (κ2) is 9.41. The van der Waals surface area contributed by atoms with Crippen LogP contribution in [0.2, 0.25) is 10.0 Å². The number of benzene rings is 2. The highest BCUT2D eigenvalue weighted by Gasteiger charge is 2.35. The highest BCUT2D eigenvalue weighted by Crippen LogP contribution is 2.44. The van der Waals surface area contributed by atoms with E-state index >= 15 is 0 Å². The maximum atomic E-state index is 13.5. The van der Waals surface area contributed by atoms with Gasteiger partial charge in [-0.1, -0.05) is 42.3 Å². The smallest absolute Gasteiger partial charge is 0.251 e. The van der Waals surface area contributed by atoms with Crippen molar-refractivity contribution in [3.8, 4) is 0 Å². The van der Waals surface area contributed by atoms with Gasteiger partial charge in [0.05, 0.1) is 44.2 Å². The van der Waals surface area contributed by atoms with E-state index in [4.69, 9.17) is 28.9 Å². The highest BCUT2D eigenvalue weighted by molar-refractivity contribution is 7.91. The number of hydrogen-bond donors (Lipinski definition) is 2. The molecule has 6 nitrogen and oxygen atoms in total. The number of alkyl halides is 2. The molecule has 32 heavy (non-hydrogen) atoms. The third-order valence-electron chi connectivity index (χ3n) is 5.33. The Morgan fingerprint density at radius 1 is 1.19 bits per heavy atom. The van der Waals surface area contributed by atoms with E-state index in [9.17, 15) is 22.0 Å². The molecule has 1 aliphatic heterocycles. The lowest BCUT2D eigenvalue weighted by atomic mass is 10.1. The van der Waals surface area contributed by atoms with Crippen LogP contribution in [0.15, 0.2) is 35.2 Å². The molecule has 0 aliphatic carbocycles. The summed E-state index contributed by atoms with van der Waals surface area (Å²) in [5, 5.41) is 2.95. The molecule has 11 heteroatoms. The number of halogens is 4. The fourth-order valence-corrected chi connectivity index (χ4v) is 5.09. The number of nitrogen functional groups attached to an aromatic ring is 1. The summed E-state index contributed by atoms with van der Waals surface area (Å²) >= 11 is 12.8. The molecule has 0 unspecified atom stereocenters. The Morgan fingerprint density at radius 2 is 1.78 bits per heavy atom. The van der Waals surface area contributed by atoms with Gasteiger partial charge in [-0.3, -0.25) is 4.79 Å². The van der Waals surface area contributed by atoms with Crippen LogP contribution in [0.1, 0.15) is 25.3 Å². The van der Waals surface area contributed by atoms with Gasteiger partial charge in [0.25, 0.3) is 5.92 Å². The predicted molar refractivity (Wildman–Crippen MR) is 124 cm³/mol. The molecule has 2 aromatic rings. The monoisotopic (exact) mass is 505 g/mol. The number of anilines is 3. The SMILES string of the molecule is CCS(=O)(=O)c1ccc(CC(=O)Nc2c(N)cc(Cl)c(N3CCC(F)(F)CC3)c2Cl)cc1. The third kappa shape index (κ3) is 5.44. The molecule has 1 saturated heterocycles. The summed E-state index contributed by atoms with van der Waals surface area (Å²) in [6.45, 7) is 1.69. The van der Waals surface area contributed by atoms with Gasteiger partial charge in [0.15, 0.2) is 9.84 Å². The van der Waals surface area contributed by atoms with Gasteiger partial charge in [-0.05, 0) is 23.8 Å². The van der Waals surface area contributed by atoms with Crippen LogP contribution in [0.25, 0.3) is 0 Å². The molecule has 2 aromatic carbocycles. The molecule has 174 valence electrons. The van der Waals surface area contributed by atoms with E-state index in [1.165, 1.54) is 18.2 Å². The molecule has 1 amide bonds. The van der Waals surface area contributed by atoms with Crippen LogP contribution >= 0.6 is 23.2 Å². The molecular weight excluding hydrogens is 483 g/mol. The second-order valence-electron chi connectivity index (χ2n) is 7.60. The van der Waals surface area contributed by atoms with Gasteiger partial charge < -0.3 is 16.0 Å². The van der Waals surface area contributed by atoms with E-state index in [0.717, 1.165) is 0 Å². The van der Waals surface area contributed by atoms with Crippen molar-refractivity contribution in [2.45, 2.75) is 37.0 Å². The summed E-state index contributed by atoms with van der Waals surface area (Å²) in [6, 6.07) is 7.46. The van der Waals surface area contributed by atoms with Crippen LogP contribution < -0.4 is 16.0 Å². The molecule has 3 rings (SSSR count). The van der Waals surface area contributed by atoms with Gasteiger partial charge >= 0.3 is 0 Å². The van der Waals surface area contributed by atoms with Gasteiger partial charge in [0.2, 0.25) is 5.91 Å². The number of nitrogens with one attached hydrogen (secondary N) is 1. The molecule has 0 spiro atoms. The molecule has 0 bridgehead atoms. The molecule has 3 N–H and O–H groups in total. The summed E-state index contributed by atoms with van der Waals surface area (Å²) in [5.74, 6) is -3.17. The van der Waals surface area contributed by atoms with E-state index < -0.39 is 21.7 Å².